The Kier molecular flexibility index (Phi) is 4.71. The molecule has 0 amide bonds. The third kappa shape index (κ3) is 3.64. The van der Waals surface area contributed by atoms with Crippen molar-refractivity contribution in [2.24, 2.45) is 0 Å². The summed E-state index contributed by atoms with van der Waals surface area (Å²) in [4.78, 5) is 4.47. The van der Waals surface area contributed by atoms with Gasteiger partial charge in [0.1, 0.15) is 0 Å². The van der Waals surface area contributed by atoms with E-state index in [0.29, 0.717) is 18.4 Å². The first kappa shape index (κ1) is 14.2. The molecule has 0 fully saturated rings. The van der Waals surface area contributed by atoms with E-state index in [1.165, 1.54) is 0 Å². The summed E-state index contributed by atoms with van der Waals surface area (Å²) in [6, 6.07) is 8.43. The summed E-state index contributed by atoms with van der Waals surface area (Å²) >= 11 is 3.46. The summed E-state index contributed by atoms with van der Waals surface area (Å²) < 4.78 is 6.40. The third-order valence-corrected chi connectivity index (χ3v) is 3.82. The maximum Gasteiger partial charge on any atom is 0.231 e. The molecule has 1 aromatic carbocycles. The smallest absolute Gasteiger partial charge is 0.231 e. The van der Waals surface area contributed by atoms with Crippen LogP contribution in [-0.4, -0.2) is 23.2 Å². The van der Waals surface area contributed by atoms with Crippen LogP contribution >= 0.6 is 15.9 Å². The number of nitrogens with one attached hydrogen (secondary N) is 1. The van der Waals surface area contributed by atoms with Crippen molar-refractivity contribution in [1.82, 2.24) is 15.5 Å². The topological polar surface area (TPSA) is 51.0 Å². The monoisotopic (exact) mass is 323 g/mol. The summed E-state index contributed by atoms with van der Waals surface area (Å²) in [5, 5.41) is 7.25. The van der Waals surface area contributed by atoms with Crippen molar-refractivity contribution < 1.29 is 4.52 Å². The second-order valence-electron chi connectivity index (χ2n) is 4.72. The molecule has 0 saturated carbocycles. The SMILES string of the molecule is CNC(C)C(C)c1nc(Cc2cccc(Br)c2)no1. The first-order chi connectivity index (χ1) is 9.10. The van der Waals surface area contributed by atoms with Crippen LogP contribution in [0.2, 0.25) is 0 Å². The van der Waals surface area contributed by atoms with Gasteiger partial charge in [-0.1, -0.05) is 40.1 Å². The fourth-order valence-corrected chi connectivity index (χ4v) is 2.26. The molecule has 0 radical (unpaired) electrons. The molecule has 2 unspecified atom stereocenters. The van der Waals surface area contributed by atoms with Crippen LogP contribution in [0.25, 0.3) is 0 Å². The van der Waals surface area contributed by atoms with Gasteiger partial charge in [0.25, 0.3) is 0 Å². The second-order valence-corrected chi connectivity index (χ2v) is 5.64. The predicted octanol–water partition coefficient (Wildman–Crippen LogP) is 3.13. The number of hydrogen-bond donors (Lipinski definition) is 1. The fourth-order valence-electron chi connectivity index (χ4n) is 1.82. The van der Waals surface area contributed by atoms with E-state index in [2.05, 4.69) is 57.4 Å². The molecule has 2 atom stereocenters. The van der Waals surface area contributed by atoms with Gasteiger partial charge < -0.3 is 9.84 Å². The number of halogens is 1. The number of aromatic nitrogens is 2. The number of hydrogen-bond acceptors (Lipinski definition) is 4. The minimum atomic E-state index is 0.203. The second kappa shape index (κ2) is 6.30. The molecule has 4 nitrogen and oxygen atoms in total. The largest absolute Gasteiger partial charge is 0.339 e. The van der Waals surface area contributed by atoms with Crippen molar-refractivity contribution in [3.05, 3.63) is 46.0 Å². The van der Waals surface area contributed by atoms with E-state index >= 15 is 0 Å². The van der Waals surface area contributed by atoms with Crippen molar-refractivity contribution in [2.45, 2.75) is 32.2 Å². The molecule has 0 aliphatic rings. The highest BCUT2D eigenvalue weighted by molar-refractivity contribution is 9.10. The summed E-state index contributed by atoms with van der Waals surface area (Å²) in [7, 11) is 1.93. The highest BCUT2D eigenvalue weighted by Gasteiger charge is 2.19. The Bertz CT molecular complexity index is 541. The van der Waals surface area contributed by atoms with Crippen molar-refractivity contribution in [1.29, 1.82) is 0 Å². The molecule has 0 aliphatic carbocycles. The van der Waals surface area contributed by atoms with Crippen LogP contribution in [-0.2, 0) is 6.42 Å². The van der Waals surface area contributed by atoms with Gasteiger partial charge >= 0.3 is 0 Å². The number of benzene rings is 1. The van der Waals surface area contributed by atoms with E-state index in [9.17, 15) is 0 Å². The van der Waals surface area contributed by atoms with Crippen LogP contribution in [0.1, 0.15) is 37.0 Å². The molecule has 5 heteroatoms. The lowest BCUT2D eigenvalue weighted by molar-refractivity contribution is 0.333. The molecule has 0 spiro atoms. The highest BCUT2D eigenvalue weighted by Crippen LogP contribution is 2.19. The van der Waals surface area contributed by atoms with Gasteiger partial charge in [-0.2, -0.15) is 4.98 Å². The summed E-state index contributed by atoms with van der Waals surface area (Å²) in [6.07, 6.45) is 0.684. The third-order valence-electron chi connectivity index (χ3n) is 3.33. The molecule has 1 N–H and O–H groups in total. The molecule has 1 aromatic heterocycles. The van der Waals surface area contributed by atoms with E-state index in [-0.39, 0.29) is 5.92 Å². The highest BCUT2D eigenvalue weighted by atomic mass is 79.9. The Morgan fingerprint density at radius 3 is 2.84 bits per heavy atom. The van der Waals surface area contributed by atoms with E-state index in [0.717, 1.165) is 15.9 Å². The van der Waals surface area contributed by atoms with Crippen molar-refractivity contribution in [2.75, 3.05) is 7.05 Å². The molecule has 0 bridgehead atoms. The minimum Gasteiger partial charge on any atom is -0.339 e. The van der Waals surface area contributed by atoms with Crippen molar-refractivity contribution >= 4 is 15.9 Å². The lowest BCUT2D eigenvalue weighted by Crippen LogP contribution is -2.27. The van der Waals surface area contributed by atoms with Gasteiger partial charge in [0.2, 0.25) is 5.89 Å². The minimum absolute atomic E-state index is 0.203. The van der Waals surface area contributed by atoms with Gasteiger partial charge in [0.05, 0.1) is 5.92 Å². The predicted molar refractivity (Wildman–Crippen MR) is 78.2 cm³/mol. The molecule has 1 heterocycles. The van der Waals surface area contributed by atoms with Gasteiger partial charge in [0, 0.05) is 16.9 Å². The lowest BCUT2D eigenvalue weighted by Gasteiger charge is -2.14. The molecular formula is C14H18BrN3O. The molecule has 102 valence electrons. The summed E-state index contributed by atoms with van der Waals surface area (Å²) in [5.74, 6) is 1.61. The zero-order valence-corrected chi connectivity index (χ0v) is 12.9. The standard InChI is InChI=1S/C14H18BrN3O/c1-9(10(2)16-3)14-17-13(18-19-14)8-11-5-4-6-12(15)7-11/h4-7,9-10,16H,8H2,1-3H3. The number of likely N-dealkylation sites (N-methyl/N-ethyl adjacent to an activating group) is 1. The van der Waals surface area contributed by atoms with Crippen LogP contribution in [0, 0.1) is 0 Å². The fraction of sp³-hybridized carbons (Fsp3) is 0.429. The van der Waals surface area contributed by atoms with Crippen molar-refractivity contribution in [3.8, 4) is 0 Å². The molecule has 2 rings (SSSR count). The number of rotatable bonds is 5. The molecule has 0 saturated heterocycles. The molecule has 0 aliphatic heterocycles. The zero-order valence-electron chi connectivity index (χ0n) is 11.4. The number of nitrogens with zero attached hydrogens (tertiary/aromatic N) is 2. The average Bonchev–Trinajstić information content (AvgIpc) is 2.85. The normalized spacial score (nSPS) is 14.3. The zero-order chi connectivity index (χ0) is 13.8. The Hall–Kier alpha value is -1.20. The van der Waals surface area contributed by atoms with Gasteiger partial charge in [-0.05, 0) is 31.7 Å². The van der Waals surface area contributed by atoms with Gasteiger partial charge in [-0.15, -0.1) is 0 Å². The average molecular weight is 324 g/mol. The van der Waals surface area contributed by atoms with E-state index in [1.807, 2.05) is 19.2 Å². The Balaban J connectivity index is 2.09. The van der Waals surface area contributed by atoms with Crippen LogP contribution in [0.15, 0.2) is 33.3 Å². The lowest BCUT2D eigenvalue weighted by atomic mass is 10.0. The first-order valence-corrected chi connectivity index (χ1v) is 7.13. The van der Waals surface area contributed by atoms with Crippen LogP contribution in [0.5, 0.6) is 0 Å². The first-order valence-electron chi connectivity index (χ1n) is 6.34. The van der Waals surface area contributed by atoms with Crippen molar-refractivity contribution in [3.63, 3.8) is 0 Å². The van der Waals surface area contributed by atoms with Crippen LogP contribution in [0.3, 0.4) is 0 Å². The van der Waals surface area contributed by atoms with E-state index in [1.54, 1.807) is 0 Å². The molecule has 19 heavy (non-hydrogen) atoms. The van der Waals surface area contributed by atoms with Gasteiger partial charge in [-0.25, -0.2) is 0 Å². The molecule has 2 aromatic rings. The van der Waals surface area contributed by atoms with E-state index in [4.69, 9.17) is 4.52 Å². The Morgan fingerprint density at radius 1 is 1.37 bits per heavy atom. The summed E-state index contributed by atoms with van der Waals surface area (Å²) in [6.45, 7) is 4.18. The van der Waals surface area contributed by atoms with Gasteiger partial charge in [-0.3, -0.25) is 0 Å². The maximum atomic E-state index is 5.34. The molecular weight excluding hydrogens is 306 g/mol. The maximum absolute atomic E-state index is 5.34. The Labute approximate surface area is 121 Å². The van der Waals surface area contributed by atoms with Crippen LogP contribution in [0.4, 0.5) is 0 Å². The summed E-state index contributed by atoms with van der Waals surface area (Å²) in [5.41, 5.74) is 1.16. The van der Waals surface area contributed by atoms with Gasteiger partial charge in [0.15, 0.2) is 5.82 Å². The van der Waals surface area contributed by atoms with E-state index < -0.39 is 0 Å². The van der Waals surface area contributed by atoms with Crippen LogP contribution < -0.4 is 5.32 Å². The Morgan fingerprint density at radius 2 is 2.16 bits per heavy atom. The quantitative estimate of drug-likeness (QED) is 0.918.